The van der Waals surface area contributed by atoms with Crippen molar-refractivity contribution >= 4 is 17.7 Å². The Bertz CT molecular complexity index is 450. The molecule has 0 fully saturated rings. The average Bonchev–Trinajstić information content (AvgIpc) is 2.88. The van der Waals surface area contributed by atoms with E-state index in [1.54, 1.807) is 12.3 Å². The van der Waals surface area contributed by atoms with Crippen molar-refractivity contribution in [1.82, 2.24) is 9.97 Å². The highest BCUT2D eigenvalue weighted by molar-refractivity contribution is 7.99. The number of aromatic nitrogens is 2. The van der Waals surface area contributed by atoms with Crippen LogP contribution >= 0.6 is 11.8 Å². The first kappa shape index (κ1) is 9.85. The maximum atomic E-state index is 11.1. The summed E-state index contributed by atoms with van der Waals surface area (Å²) in [5.41, 5.74) is 0.256. The van der Waals surface area contributed by atoms with E-state index < -0.39 is 5.97 Å². The Morgan fingerprint density at radius 3 is 3.20 bits per heavy atom. The molecular weight excluding hydrogens is 216 g/mol. The van der Waals surface area contributed by atoms with E-state index in [2.05, 4.69) is 14.7 Å². The van der Waals surface area contributed by atoms with E-state index >= 15 is 0 Å². The van der Waals surface area contributed by atoms with Gasteiger partial charge in [-0.05, 0) is 23.9 Å². The quantitative estimate of drug-likeness (QED) is 0.807. The van der Waals surface area contributed by atoms with Crippen LogP contribution in [0, 0.1) is 0 Å². The number of nitrogens with zero attached hydrogens (tertiary/aromatic N) is 1. The van der Waals surface area contributed by atoms with Gasteiger partial charge in [-0.15, -0.1) is 0 Å². The number of aromatic amines is 1. The predicted molar refractivity (Wildman–Crippen MR) is 52.8 cm³/mol. The second-order valence-electron chi connectivity index (χ2n) is 2.62. The third kappa shape index (κ3) is 2.21. The summed E-state index contributed by atoms with van der Waals surface area (Å²) in [4.78, 5) is 18.0. The van der Waals surface area contributed by atoms with Crippen LogP contribution in [0.4, 0.5) is 0 Å². The van der Waals surface area contributed by atoms with Gasteiger partial charge in [0.1, 0.15) is 0 Å². The maximum Gasteiger partial charge on any atom is 0.358 e. The Hall–Kier alpha value is -1.69. The summed E-state index contributed by atoms with van der Waals surface area (Å²) in [5, 5.41) is 1.30. The summed E-state index contributed by atoms with van der Waals surface area (Å²) in [6.45, 7) is 0. The van der Waals surface area contributed by atoms with Crippen molar-refractivity contribution in [3.63, 3.8) is 0 Å². The Labute approximate surface area is 89.8 Å². The van der Waals surface area contributed by atoms with Crippen LogP contribution in [-0.2, 0) is 4.74 Å². The van der Waals surface area contributed by atoms with Crippen LogP contribution in [0.5, 0.6) is 0 Å². The summed E-state index contributed by atoms with van der Waals surface area (Å²) >= 11 is 1.30. The molecule has 0 aliphatic carbocycles. The third-order valence-electron chi connectivity index (χ3n) is 1.64. The molecule has 78 valence electrons. The number of hydrogen-bond donors (Lipinski definition) is 1. The molecule has 0 atom stereocenters. The smallest absolute Gasteiger partial charge is 0.358 e. The van der Waals surface area contributed by atoms with Crippen molar-refractivity contribution in [2.24, 2.45) is 0 Å². The molecule has 0 bridgehead atoms. The lowest BCUT2D eigenvalue weighted by atomic mass is 10.5. The molecule has 15 heavy (non-hydrogen) atoms. The number of hydrogen-bond acceptors (Lipinski definition) is 5. The molecule has 0 saturated carbocycles. The van der Waals surface area contributed by atoms with Gasteiger partial charge < -0.3 is 14.1 Å². The fraction of sp³-hybridized carbons (Fsp3) is 0.111. The number of rotatable bonds is 3. The summed E-state index contributed by atoms with van der Waals surface area (Å²) in [7, 11) is 1.32. The largest absolute Gasteiger partial charge is 0.464 e. The molecule has 0 unspecified atom stereocenters. The standard InChI is InChI=1S/C9H8N2O3S/c1-13-8(12)6-5-10-9(11-6)15-7-3-2-4-14-7/h2-5H,1H3,(H,10,11). The first-order valence-corrected chi connectivity index (χ1v) is 4.96. The minimum absolute atomic E-state index is 0.256. The second-order valence-corrected chi connectivity index (χ2v) is 3.61. The second kappa shape index (κ2) is 4.22. The average molecular weight is 224 g/mol. The van der Waals surface area contributed by atoms with E-state index in [0.717, 1.165) is 0 Å². The predicted octanol–water partition coefficient (Wildman–Crippen LogP) is 1.94. The summed E-state index contributed by atoms with van der Waals surface area (Å²) in [6, 6.07) is 3.59. The molecule has 0 aromatic carbocycles. The van der Waals surface area contributed by atoms with E-state index in [1.165, 1.54) is 25.1 Å². The monoisotopic (exact) mass is 224 g/mol. The minimum Gasteiger partial charge on any atom is -0.464 e. The number of carbonyl (C=O) groups is 1. The van der Waals surface area contributed by atoms with E-state index in [1.807, 2.05) is 6.07 Å². The number of H-pyrrole nitrogens is 1. The third-order valence-corrected chi connectivity index (χ3v) is 2.48. The highest BCUT2D eigenvalue weighted by Gasteiger charge is 2.11. The SMILES string of the molecule is COC(=O)c1c[nH]c(Sc2ccco2)n1. The molecule has 2 aromatic heterocycles. The van der Waals surface area contributed by atoms with Crippen LogP contribution in [0.25, 0.3) is 0 Å². The number of esters is 1. The molecule has 0 saturated heterocycles. The highest BCUT2D eigenvalue weighted by atomic mass is 32.2. The Morgan fingerprint density at radius 2 is 2.53 bits per heavy atom. The minimum atomic E-state index is -0.461. The summed E-state index contributed by atoms with van der Waals surface area (Å²) in [6.07, 6.45) is 3.07. The Balaban J connectivity index is 2.11. The molecule has 2 aromatic rings. The van der Waals surface area contributed by atoms with E-state index in [0.29, 0.717) is 10.2 Å². The maximum absolute atomic E-state index is 11.1. The fourth-order valence-electron chi connectivity index (χ4n) is 0.982. The lowest BCUT2D eigenvalue weighted by Crippen LogP contribution is -2.00. The van der Waals surface area contributed by atoms with Crippen LogP contribution in [0.15, 0.2) is 39.3 Å². The van der Waals surface area contributed by atoms with Crippen molar-refractivity contribution < 1.29 is 13.9 Å². The molecule has 2 rings (SSSR count). The van der Waals surface area contributed by atoms with Gasteiger partial charge in [0.2, 0.25) is 0 Å². The van der Waals surface area contributed by atoms with Crippen molar-refractivity contribution in [3.8, 4) is 0 Å². The zero-order chi connectivity index (χ0) is 10.7. The molecule has 0 spiro atoms. The Morgan fingerprint density at radius 1 is 1.67 bits per heavy atom. The van der Waals surface area contributed by atoms with Gasteiger partial charge in [0.05, 0.1) is 13.4 Å². The van der Waals surface area contributed by atoms with E-state index in [9.17, 15) is 4.79 Å². The van der Waals surface area contributed by atoms with Crippen LogP contribution in [0.3, 0.4) is 0 Å². The first-order valence-electron chi connectivity index (χ1n) is 4.14. The lowest BCUT2D eigenvalue weighted by molar-refractivity contribution is 0.0594. The Kier molecular flexibility index (Phi) is 2.77. The summed E-state index contributed by atoms with van der Waals surface area (Å²) in [5.74, 6) is -0.461. The van der Waals surface area contributed by atoms with Gasteiger partial charge in [-0.25, -0.2) is 9.78 Å². The van der Waals surface area contributed by atoms with Gasteiger partial charge in [-0.1, -0.05) is 0 Å². The molecular formula is C9H8N2O3S. The number of ether oxygens (including phenoxy) is 1. The van der Waals surface area contributed by atoms with Crippen LogP contribution in [0.2, 0.25) is 0 Å². The number of nitrogens with one attached hydrogen (secondary N) is 1. The van der Waals surface area contributed by atoms with Crippen LogP contribution < -0.4 is 0 Å². The van der Waals surface area contributed by atoms with Gasteiger partial charge in [0.25, 0.3) is 0 Å². The molecule has 0 amide bonds. The van der Waals surface area contributed by atoms with E-state index in [4.69, 9.17) is 4.42 Å². The molecule has 2 heterocycles. The molecule has 0 radical (unpaired) electrons. The topological polar surface area (TPSA) is 68.1 Å². The highest BCUT2D eigenvalue weighted by Crippen LogP contribution is 2.24. The zero-order valence-corrected chi connectivity index (χ0v) is 8.71. The number of methoxy groups -OCH3 is 1. The number of furan rings is 1. The van der Waals surface area contributed by atoms with Crippen molar-refractivity contribution in [2.45, 2.75) is 10.2 Å². The van der Waals surface area contributed by atoms with Crippen LogP contribution in [-0.4, -0.2) is 23.0 Å². The molecule has 1 N–H and O–H groups in total. The number of imidazole rings is 1. The van der Waals surface area contributed by atoms with Crippen molar-refractivity contribution in [1.29, 1.82) is 0 Å². The normalized spacial score (nSPS) is 10.2. The van der Waals surface area contributed by atoms with Gasteiger partial charge >= 0.3 is 5.97 Å². The van der Waals surface area contributed by atoms with E-state index in [-0.39, 0.29) is 5.69 Å². The fourth-order valence-corrected chi connectivity index (χ4v) is 1.68. The van der Waals surface area contributed by atoms with Gasteiger partial charge in [-0.2, -0.15) is 0 Å². The zero-order valence-electron chi connectivity index (χ0n) is 7.89. The van der Waals surface area contributed by atoms with Crippen molar-refractivity contribution in [2.75, 3.05) is 7.11 Å². The van der Waals surface area contributed by atoms with Crippen molar-refractivity contribution in [3.05, 3.63) is 30.3 Å². The molecule has 0 aliphatic rings. The lowest BCUT2D eigenvalue weighted by Gasteiger charge is -1.91. The molecule has 0 aliphatic heterocycles. The molecule has 5 nitrogen and oxygen atoms in total. The first-order chi connectivity index (χ1) is 7.29. The summed E-state index contributed by atoms with van der Waals surface area (Å²) < 4.78 is 9.65. The number of carbonyl (C=O) groups excluding carboxylic acids is 1. The van der Waals surface area contributed by atoms with Gasteiger partial charge in [0.15, 0.2) is 15.9 Å². The molecule has 6 heteroatoms. The van der Waals surface area contributed by atoms with Crippen LogP contribution in [0.1, 0.15) is 10.5 Å². The van der Waals surface area contributed by atoms with Gasteiger partial charge in [0, 0.05) is 6.20 Å². The van der Waals surface area contributed by atoms with Gasteiger partial charge in [-0.3, -0.25) is 0 Å².